The van der Waals surface area contributed by atoms with Crippen LogP contribution in [0.4, 0.5) is 0 Å². The lowest BCUT2D eigenvalue weighted by Gasteiger charge is -2.11. The molecule has 2 rings (SSSR count). The van der Waals surface area contributed by atoms with E-state index in [1.165, 1.54) is 63.6 Å². The number of hydrogen-bond acceptors (Lipinski definition) is 8. The zero-order valence-corrected chi connectivity index (χ0v) is 17.9. The first kappa shape index (κ1) is 23.7. The lowest BCUT2D eigenvalue weighted by atomic mass is 10.2. The Morgan fingerprint density at radius 2 is 1.61 bits per heavy atom. The van der Waals surface area contributed by atoms with Crippen molar-refractivity contribution in [1.29, 1.82) is 0 Å². The zero-order chi connectivity index (χ0) is 23.0. The van der Waals surface area contributed by atoms with Crippen LogP contribution in [0.2, 0.25) is 0 Å². The second-order valence-electron chi connectivity index (χ2n) is 6.05. The van der Waals surface area contributed by atoms with Crippen molar-refractivity contribution in [2.75, 3.05) is 26.6 Å². The first-order valence-corrected chi connectivity index (χ1v) is 10.7. The normalized spacial score (nSPS) is 10.7. The van der Waals surface area contributed by atoms with Gasteiger partial charge in [-0.25, -0.2) is 13.2 Å². The minimum atomic E-state index is -3.65. The van der Waals surface area contributed by atoms with Crippen molar-refractivity contribution in [3.63, 3.8) is 0 Å². The number of esters is 1. The van der Waals surface area contributed by atoms with Crippen LogP contribution in [0.3, 0.4) is 0 Å². The summed E-state index contributed by atoms with van der Waals surface area (Å²) in [6.45, 7) is 0.720. The van der Waals surface area contributed by atoms with Crippen LogP contribution in [-0.2, 0) is 19.4 Å². The Kier molecular flexibility index (Phi) is 7.97. The number of methoxy groups -OCH3 is 2. The summed E-state index contributed by atoms with van der Waals surface area (Å²) < 4.78 is 39.3. The fourth-order valence-corrected chi connectivity index (χ4v) is 3.57. The molecule has 0 heterocycles. The fourth-order valence-electron chi connectivity index (χ4n) is 2.48. The molecule has 0 aromatic heterocycles. The predicted molar refractivity (Wildman–Crippen MR) is 110 cm³/mol. The third-order valence-electron chi connectivity index (χ3n) is 4.12. The molecule has 166 valence electrons. The van der Waals surface area contributed by atoms with E-state index in [1.807, 2.05) is 0 Å². The lowest BCUT2D eigenvalue weighted by molar-refractivity contribution is -0.125. The maximum atomic E-state index is 12.2. The summed E-state index contributed by atoms with van der Waals surface area (Å²) >= 11 is 0. The van der Waals surface area contributed by atoms with Crippen LogP contribution in [0, 0.1) is 0 Å². The van der Waals surface area contributed by atoms with E-state index in [0.29, 0.717) is 11.5 Å². The number of carbonyl (C=O) groups is 3. The molecule has 31 heavy (non-hydrogen) atoms. The molecule has 11 heteroatoms. The number of amides is 2. The molecule has 0 bridgehead atoms. The average Bonchev–Trinajstić information content (AvgIpc) is 2.80. The van der Waals surface area contributed by atoms with Crippen molar-refractivity contribution in [3.8, 4) is 11.5 Å². The quantitative estimate of drug-likeness (QED) is 0.451. The van der Waals surface area contributed by atoms with Crippen LogP contribution in [-0.4, -0.2) is 52.8 Å². The monoisotopic (exact) mass is 450 g/mol. The molecular formula is C20H22N2O8S. The minimum absolute atomic E-state index is 0.175. The molecule has 0 spiro atoms. The highest BCUT2D eigenvalue weighted by Crippen LogP contribution is 2.27. The molecule has 0 unspecified atom stereocenters. The van der Waals surface area contributed by atoms with E-state index in [-0.39, 0.29) is 21.8 Å². The highest BCUT2D eigenvalue weighted by Gasteiger charge is 2.22. The van der Waals surface area contributed by atoms with Crippen LogP contribution in [0.1, 0.15) is 27.6 Å². The Hall–Kier alpha value is -3.60. The summed E-state index contributed by atoms with van der Waals surface area (Å²) in [5.41, 5.74) is 4.29. The number of benzene rings is 2. The fraction of sp³-hybridized carbons (Fsp3) is 0.250. The summed E-state index contributed by atoms with van der Waals surface area (Å²) in [5, 5.41) is 0. The Balaban J connectivity index is 1.95. The number of ether oxygens (including phenoxy) is 3. The van der Waals surface area contributed by atoms with Gasteiger partial charge in [-0.2, -0.15) is 0 Å². The van der Waals surface area contributed by atoms with Crippen LogP contribution >= 0.6 is 0 Å². The van der Waals surface area contributed by atoms with Crippen LogP contribution in [0.5, 0.6) is 11.5 Å². The molecule has 0 aliphatic rings. The molecule has 2 amide bonds. The van der Waals surface area contributed by atoms with Crippen LogP contribution in [0.15, 0.2) is 47.4 Å². The first-order valence-electron chi connectivity index (χ1n) is 9.03. The van der Waals surface area contributed by atoms with Gasteiger partial charge in [-0.15, -0.1) is 0 Å². The third-order valence-corrected chi connectivity index (χ3v) is 5.90. The van der Waals surface area contributed by atoms with Crippen molar-refractivity contribution < 1.29 is 37.0 Å². The second-order valence-corrected chi connectivity index (χ2v) is 8.29. The molecule has 2 aromatic rings. The van der Waals surface area contributed by atoms with E-state index in [9.17, 15) is 22.8 Å². The van der Waals surface area contributed by atoms with Gasteiger partial charge in [0.05, 0.1) is 30.4 Å². The van der Waals surface area contributed by atoms with E-state index >= 15 is 0 Å². The molecule has 0 radical (unpaired) electrons. The molecule has 0 atom stereocenters. The SMILES string of the molecule is CCS(=O)(=O)c1ccccc1C(=O)OCC(=O)NNC(=O)c1ccc(OC)c(OC)c1. The number of rotatable bonds is 8. The summed E-state index contributed by atoms with van der Waals surface area (Å²) in [6.07, 6.45) is 0. The topological polar surface area (TPSA) is 137 Å². The molecule has 2 N–H and O–H groups in total. The Bertz CT molecular complexity index is 1080. The molecule has 0 fully saturated rings. The van der Waals surface area contributed by atoms with Gasteiger partial charge in [-0.1, -0.05) is 19.1 Å². The van der Waals surface area contributed by atoms with Crippen LogP contribution < -0.4 is 20.3 Å². The third kappa shape index (κ3) is 5.95. The molecule has 0 saturated heterocycles. The van der Waals surface area contributed by atoms with Crippen molar-refractivity contribution in [2.45, 2.75) is 11.8 Å². The summed E-state index contributed by atoms with van der Waals surface area (Å²) in [4.78, 5) is 36.1. The van der Waals surface area contributed by atoms with E-state index in [2.05, 4.69) is 10.9 Å². The van der Waals surface area contributed by atoms with E-state index in [0.717, 1.165) is 0 Å². The lowest BCUT2D eigenvalue weighted by Crippen LogP contribution is -2.43. The van der Waals surface area contributed by atoms with E-state index in [1.54, 1.807) is 0 Å². The smallest absolute Gasteiger partial charge is 0.339 e. The summed E-state index contributed by atoms with van der Waals surface area (Å²) in [7, 11) is -0.783. The van der Waals surface area contributed by atoms with Crippen LogP contribution in [0.25, 0.3) is 0 Å². The molecule has 10 nitrogen and oxygen atoms in total. The summed E-state index contributed by atoms with van der Waals surface area (Å²) in [6, 6.07) is 9.96. The van der Waals surface area contributed by atoms with Gasteiger partial charge < -0.3 is 14.2 Å². The maximum Gasteiger partial charge on any atom is 0.339 e. The van der Waals surface area contributed by atoms with Gasteiger partial charge in [0.2, 0.25) is 0 Å². The molecule has 0 aliphatic carbocycles. The van der Waals surface area contributed by atoms with Gasteiger partial charge >= 0.3 is 5.97 Å². The highest BCUT2D eigenvalue weighted by molar-refractivity contribution is 7.91. The number of hydrazine groups is 1. The second kappa shape index (κ2) is 10.4. The average molecular weight is 450 g/mol. The standard InChI is InChI=1S/C20H22N2O8S/c1-4-31(26,27)17-8-6-5-7-14(17)20(25)30-12-18(23)21-22-19(24)13-9-10-15(28-2)16(11-13)29-3/h5-11H,4,12H2,1-3H3,(H,21,23)(H,22,24). The van der Waals surface area contributed by atoms with Crippen molar-refractivity contribution in [3.05, 3.63) is 53.6 Å². The molecular weight excluding hydrogens is 428 g/mol. The summed E-state index contributed by atoms with van der Waals surface area (Å²) in [5.74, 6) is -1.87. The molecule has 2 aromatic carbocycles. The largest absolute Gasteiger partial charge is 0.493 e. The van der Waals surface area contributed by atoms with Gasteiger partial charge in [0, 0.05) is 5.56 Å². The first-order chi connectivity index (χ1) is 14.7. The van der Waals surface area contributed by atoms with Gasteiger partial charge in [0.1, 0.15) is 0 Å². The Labute approximate surface area is 179 Å². The van der Waals surface area contributed by atoms with Crippen molar-refractivity contribution in [1.82, 2.24) is 10.9 Å². The van der Waals surface area contributed by atoms with Gasteiger partial charge in [0.15, 0.2) is 27.9 Å². The van der Waals surface area contributed by atoms with Crippen molar-refractivity contribution >= 4 is 27.6 Å². The van der Waals surface area contributed by atoms with Crippen molar-refractivity contribution in [2.24, 2.45) is 0 Å². The number of hydrogen-bond donors (Lipinski definition) is 2. The number of nitrogens with one attached hydrogen (secondary N) is 2. The van der Waals surface area contributed by atoms with E-state index < -0.39 is 34.2 Å². The number of sulfone groups is 1. The molecule has 0 saturated carbocycles. The van der Waals surface area contributed by atoms with E-state index in [4.69, 9.17) is 14.2 Å². The predicted octanol–water partition coefficient (Wildman–Crippen LogP) is 1.12. The molecule has 0 aliphatic heterocycles. The maximum absolute atomic E-state index is 12.2. The highest BCUT2D eigenvalue weighted by atomic mass is 32.2. The zero-order valence-electron chi connectivity index (χ0n) is 17.1. The minimum Gasteiger partial charge on any atom is -0.493 e. The Morgan fingerprint density at radius 1 is 0.935 bits per heavy atom. The van der Waals surface area contributed by atoms with Gasteiger partial charge in [-0.3, -0.25) is 20.4 Å². The number of carbonyl (C=O) groups excluding carboxylic acids is 3. The van der Waals surface area contributed by atoms with Gasteiger partial charge in [-0.05, 0) is 30.3 Å². The van der Waals surface area contributed by atoms with Gasteiger partial charge in [0.25, 0.3) is 11.8 Å². The Morgan fingerprint density at radius 3 is 2.26 bits per heavy atom.